The molecule has 0 radical (unpaired) electrons. The van der Waals surface area contributed by atoms with Crippen LogP contribution in [0.5, 0.6) is 0 Å². The number of hydrogen-bond acceptors (Lipinski definition) is 2. The van der Waals surface area contributed by atoms with Crippen LogP contribution in [-0.4, -0.2) is 59.3 Å². The Balaban J connectivity index is 2.00. The van der Waals surface area contributed by atoms with Crippen LogP contribution >= 0.6 is 0 Å². The Kier molecular flexibility index (Phi) is 4.10. The second-order valence-electron chi connectivity index (χ2n) is 5.50. The van der Waals surface area contributed by atoms with Gasteiger partial charge >= 0.3 is 18.2 Å². The minimum atomic E-state index is -4.60. The van der Waals surface area contributed by atoms with Gasteiger partial charge in [-0.25, -0.2) is 4.79 Å². The van der Waals surface area contributed by atoms with Crippen molar-refractivity contribution in [3.63, 3.8) is 0 Å². The van der Waals surface area contributed by atoms with E-state index in [0.717, 1.165) is 19.3 Å². The summed E-state index contributed by atoms with van der Waals surface area (Å²) in [7, 11) is 0. The summed E-state index contributed by atoms with van der Waals surface area (Å²) in [5, 5.41) is 8.65. The summed E-state index contributed by atoms with van der Waals surface area (Å²) in [5.74, 6) is -0.727. The van der Waals surface area contributed by atoms with E-state index in [1.807, 2.05) is 0 Å². The van der Waals surface area contributed by atoms with E-state index in [1.54, 1.807) is 0 Å². The van der Waals surface area contributed by atoms with Crippen LogP contribution in [0.15, 0.2) is 0 Å². The van der Waals surface area contributed by atoms with Crippen molar-refractivity contribution in [3.8, 4) is 0 Å². The number of fused-ring (bicyclic) bond motifs is 1. The third-order valence-electron chi connectivity index (χ3n) is 3.96. The lowest BCUT2D eigenvalue weighted by Crippen LogP contribution is -2.48. The zero-order valence-electron chi connectivity index (χ0n) is 10.9. The summed E-state index contributed by atoms with van der Waals surface area (Å²) < 4.78 is 37.3. The summed E-state index contributed by atoms with van der Waals surface area (Å²) in [6, 6.07) is -0.820. The van der Waals surface area contributed by atoms with E-state index in [4.69, 9.17) is 5.11 Å². The highest BCUT2D eigenvalue weighted by Crippen LogP contribution is 2.38. The van der Waals surface area contributed by atoms with Crippen molar-refractivity contribution in [2.24, 2.45) is 11.8 Å². The largest absolute Gasteiger partial charge is 0.480 e. The van der Waals surface area contributed by atoms with Gasteiger partial charge in [-0.1, -0.05) is 6.42 Å². The van der Waals surface area contributed by atoms with Crippen LogP contribution in [0.25, 0.3) is 0 Å². The van der Waals surface area contributed by atoms with E-state index < -0.39 is 31.3 Å². The van der Waals surface area contributed by atoms with Gasteiger partial charge in [-0.2, -0.15) is 13.2 Å². The molecule has 1 heterocycles. The Morgan fingerprint density at radius 3 is 2.20 bits per heavy atom. The predicted octanol–water partition coefficient (Wildman–Crippen LogP) is 1.79. The minimum Gasteiger partial charge on any atom is -0.480 e. The van der Waals surface area contributed by atoms with Crippen LogP contribution in [-0.2, 0) is 4.79 Å². The van der Waals surface area contributed by atoms with Crippen molar-refractivity contribution in [2.45, 2.75) is 25.4 Å². The summed E-state index contributed by atoms with van der Waals surface area (Å²) in [4.78, 5) is 24.4. The Morgan fingerprint density at radius 1 is 1.20 bits per heavy atom. The molecule has 1 N–H and O–H groups in total. The molecular weight excluding hydrogens is 277 g/mol. The van der Waals surface area contributed by atoms with Crippen molar-refractivity contribution in [2.75, 3.05) is 26.2 Å². The summed E-state index contributed by atoms with van der Waals surface area (Å²) in [6.45, 7) is -1.57. The van der Waals surface area contributed by atoms with E-state index in [2.05, 4.69) is 0 Å². The molecule has 20 heavy (non-hydrogen) atoms. The highest BCUT2D eigenvalue weighted by Gasteiger charge is 2.41. The summed E-state index contributed by atoms with van der Waals surface area (Å²) >= 11 is 0. The molecule has 0 aromatic rings. The van der Waals surface area contributed by atoms with Gasteiger partial charge < -0.3 is 14.9 Å². The molecule has 2 unspecified atom stereocenters. The van der Waals surface area contributed by atoms with E-state index in [0.29, 0.717) is 29.8 Å². The molecule has 1 saturated carbocycles. The van der Waals surface area contributed by atoms with Crippen LogP contribution in [0.3, 0.4) is 0 Å². The standard InChI is InChI=1S/C12H17F3N2O3/c13-12(14,15)7-17(6-10(18)19)11(20)16-4-8-2-1-3-9(8)5-16/h8-9H,1-7H2,(H,18,19). The molecule has 2 aliphatic rings. The number of amides is 2. The first kappa shape index (κ1) is 14.9. The fourth-order valence-corrected chi connectivity index (χ4v) is 3.16. The van der Waals surface area contributed by atoms with Gasteiger partial charge in [-0.05, 0) is 24.7 Å². The van der Waals surface area contributed by atoms with Crippen molar-refractivity contribution in [3.05, 3.63) is 0 Å². The number of halogens is 3. The quantitative estimate of drug-likeness (QED) is 0.863. The van der Waals surface area contributed by atoms with Crippen molar-refractivity contribution >= 4 is 12.0 Å². The number of likely N-dealkylation sites (tertiary alicyclic amines) is 1. The van der Waals surface area contributed by atoms with E-state index in [9.17, 15) is 22.8 Å². The molecule has 2 rings (SSSR count). The Hall–Kier alpha value is -1.47. The molecule has 1 saturated heterocycles. The molecule has 0 spiro atoms. The molecule has 0 aromatic heterocycles. The first-order chi connectivity index (χ1) is 9.26. The van der Waals surface area contributed by atoms with E-state index in [1.165, 1.54) is 4.90 Å². The Morgan fingerprint density at radius 2 is 1.75 bits per heavy atom. The van der Waals surface area contributed by atoms with Crippen LogP contribution < -0.4 is 0 Å². The number of aliphatic carboxylic acids is 1. The lowest BCUT2D eigenvalue weighted by atomic mass is 10.0. The van der Waals surface area contributed by atoms with Gasteiger partial charge in [0, 0.05) is 13.1 Å². The van der Waals surface area contributed by atoms with E-state index >= 15 is 0 Å². The van der Waals surface area contributed by atoms with E-state index in [-0.39, 0.29) is 0 Å². The van der Waals surface area contributed by atoms with Crippen molar-refractivity contribution < 1.29 is 27.9 Å². The average Bonchev–Trinajstić information content (AvgIpc) is 2.84. The van der Waals surface area contributed by atoms with Gasteiger partial charge in [0.15, 0.2) is 0 Å². The lowest BCUT2D eigenvalue weighted by Gasteiger charge is -2.28. The number of urea groups is 1. The topological polar surface area (TPSA) is 60.9 Å². The Bertz CT molecular complexity index is 388. The molecule has 1 aliphatic carbocycles. The maximum atomic E-state index is 12.4. The van der Waals surface area contributed by atoms with Crippen LogP contribution in [0, 0.1) is 11.8 Å². The first-order valence-corrected chi connectivity index (χ1v) is 6.58. The molecule has 2 fully saturated rings. The molecule has 2 amide bonds. The second kappa shape index (κ2) is 5.49. The number of nitrogens with zero attached hydrogens (tertiary/aromatic N) is 2. The van der Waals surface area contributed by atoms with Gasteiger partial charge in [0.05, 0.1) is 0 Å². The maximum Gasteiger partial charge on any atom is 0.406 e. The number of alkyl halides is 3. The summed E-state index contributed by atoms with van der Waals surface area (Å²) in [5.41, 5.74) is 0. The predicted molar refractivity (Wildman–Crippen MR) is 63.1 cm³/mol. The average molecular weight is 294 g/mol. The second-order valence-corrected chi connectivity index (χ2v) is 5.50. The van der Waals surface area contributed by atoms with Gasteiger partial charge in [0.25, 0.3) is 0 Å². The monoisotopic (exact) mass is 294 g/mol. The van der Waals surface area contributed by atoms with Crippen molar-refractivity contribution in [1.82, 2.24) is 9.80 Å². The number of carbonyl (C=O) groups excluding carboxylic acids is 1. The van der Waals surface area contributed by atoms with Gasteiger partial charge in [0.1, 0.15) is 13.1 Å². The first-order valence-electron chi connectivity index (χ1n) is 6.58. The third kappa shape index (κ3) is 3.55. The number of hydrogen-bond donors (Lipinski definition) is 1. The number of carbonyl (C=O) groups is 2. The fourth-order valence-electron chi connectivity index (χ4n) is 3.16. The number of rotatable bonds is 3. The van der Waals surface area contributed by atoms with Crippen LogP contribution in [0.4, 0.5) is 18.0 Å². The maximum absolute atomic E-state index is 12.4. The molecule has 2 atom stereocenters. The normalized spacial score (nSPS) is 25.6. The zero-order valence-corrected chi connectivity index (χ0v) is 10.9. The SMILES string of the molecule is O=C(O)CN(CC(F)(F)F)C(=O)N1CC2CCCC2C1. The fraction of sp³-hybridized carbons (Fsp3) is 0.833. The smallest absolute Gasteiger partial charge is 0.406 e. The third-order valence-corrected chi connectivity index (χ3v) is 3.96. The molecule has 5 nitrogen and oxygen atoms in total. The molecule has 0 bridgehead atoms. The van der Waals surface area contributed by atoms with Gasteiger partial charge in [0.2, 0.25) is 0 Å². The van der Waals surface area contributed by atoms with Gasteiger partial charge in [-0.15, -0.1) is 0 Å². The molecule has 114 valence electrons. The molecule has 0 aromatic carbocycles. The minimum absolute atomic E-state index is 0.358. The number of carboxylic acid groups (broad SMARTS) is 1. The Labute approximate surface area is 114 Å². The van der Waals surface area contributed by atoms with Crippen LogP contribution in [0.1, 0.15) is 19.3 Å². The highest BCUT2D eigenvalue weighted by atomic mass is 19.4. The molecular formula is C12H17F3N2O3. The molecule has 1 aliphatic heterocycles. The van der Waals surface area contributed by atoms with Crippen molar-refractivity contribution in [1.29, 1.82) is 0 Å². The lowest BCUT2D eigenvalue weighted by molar-refractivity contribution is -0.149. The van der Waals surface area contributed by atoms with Gasteiger partial charge in [-0.3, -0.25) is 4.79 Å². The molecule has 8 heteroatoms. The van der Waals surface area contributed by atoms with Crippen LogP contribution in [0.2, 0.25) is 0 Å². The highest BCUT2D eigenvalue weighted by molar-refractivity contribution is 5.80. The number of carboxylic acids is 1. The zero-order chi connectivity index (χ0) is 14.9. The summed E-state index contributed by atoms with van der Waals surface area (Å²) in [6.07, 6.45) is -1.52.